The second kappa shape index (κ2) is 2.34. The summed E-state index contributed by atoms with van der Waals surface area (Å²) in [4.78, 5) is 12.3. The molecule has 0 unspecified atom stereocenters. The first kappa shape index (κ1) is 5.87. The van der Waals surface area contributed by atoms with Gasteiger partial charge >= 0.3 is 56.0 Å². The molecule has 0 aromatic carbocycles. The summed E-state index contributed by atoms with van der Waals surface area (Å²) in [6.07, 6.45) is 0. The number of rotatable bonds is 1. The van der Waals surface area contributed by atoms with E-state index in [0.717, 1.165) is 3.70 Å². The van der Waals surface area contributed by atoms with Crippen LogP contribution in [-0.4, -0.2) is 10.1 Å². The minimum absolute atomic E-state index is 0.0191. The molecule has 0 spiro atoms. The molecule has 0 aliphatic heterocycles. The Balaban J connectivity index is 3.01. The predicted octanol–water partition coefficient (Wildman–Crippen LogP) is -3.14. The first-order valence-electron chi connectivity index (χ1n) is 2.01. The molecule has 3 nitrogen and oxygen atoms in total. The molecule has 46 valence electrons. The number of hydrogen-bond donors (Lipinski definition) is 1. The molecule has 1 N–H and O–H groups in total. The zero-order valence-corrected chi connectivity index (χ0v) is 6.43. The Labute approximate surface area is 56.3 Å². The molecule has 0 saturated carbocycles. The van der Waals surface area contributed by atoms with E-state index in [1.807, 2.05) is 0 Å². The first-order valence-corrected chi connectivity index (χ1v) is 5.24. The Hall–Kier alpha value is -0.260. The fourth-order valence-electron chi connectivity index (χ4n) is 0.355. The van der Waals surface area contributed by atoms with Crippen molar-refractivity contribution >= 4 is 0 Å². The molecule has 4 heteroatoms. The molecule has 1 aromatic rings. The van der Waals surface area contributed by atoms with Crippen molar-refractivity contribution in [3.8, 4) is 0 Å². The molecule has 0 fully saturated rings. The Bertz CT molecular complexity index is 214. The molecule has 0 radical (unpaired) electrons. The van der Waals surface area contributed by atoms with Gasteiger partial charge in [0, 0.05) is 0 Å². The Morgan fingerprint density at radius 3 is 2.88 bits per heavy atom. The van der Waals surface area contributed by atoms with Gasteiger partial charge in [0.2, 0.25) is 0 Å². The van der Waals surface area contributed by atoms with Gasteiger partial charge in [0.1, 0.15) is 0 Å². The summed E-state index contributed by atoms with van der Waals surface area (Å²) in [5.74, 6) is 0. The fourth-order valence-corrected chi connectivity index (χ4v) is 1.25. The molecule has 0 atom stereocenters. The van der Waals surface area contributed by atoms with E-state index in [9.17, 15) is 4.79 Å². The van der Waals surface area contributed by atoms with E-state index < -0.39 is 0 Å². The third kappa shape index (κ3) is 1.12. The molecule has 1 aromatic heterocycles. The summed E-state index contributed by atoms with van der Waals surface area (Å²) in [6, 6.07) is 1.49. The van der Waals surface area contributed by atoms with E-state index in [2.05, 4.69) is 14.6 Å². The Morgan fingerprint density at radius 1 is 1.88 bits per heavy atom. The van der Waals surface area contributed by atoms with E-state index >= 15 is 0 Å². The van der Waals surface area contributed by atoms with Gasteiger partial charge in [0.15, 0.2) is 0 Å². The minimum atomic E-state index is -0.276. The van der Waals surface area contributed by atoms with Gasteiger partial charge in [-0.25, -0.2) is 0 Å². The third-order valence-electron chi connectivity index (χ3n) is 0.697. The van der Waals surface area contributed by atoms with Gasteiger partial charge in [-0.15, -0.1) is 0 Å². The number of aromatic nitrogens is 1. The van der Waals surface area contributed by atoms with E-state index in [1.54, 1.807) is 0 Å². The zero-order valence-electron chi connectivity index (χ0n) is 4.27. The van der Waals surface area contributed by atoms with E-state index in [-0.39, 0.29) is 26.8 Å². The van der Waals surface area contributed by atoms with Crippen LogP contribution in [0.4, 0.5) is 0 Å². The van der Waals surface area contributed by atoms with Crippen molar-refractivity contribution < 1.29 is 25.7 Å². The van der Waals surface area contributed by atoms with Crippen LogP contribution in [-0.2, 0) is 0 Å². The maximum absolute atomic E-state index is 10.3. The monoisotopic (exact) mass is 226 g/mol. The summed E-state index contributed by atoms with van der Waals surface area (Å²) in [7, 11) is 0. The zero-order chi connectivity index (χ0) is 5.98. The molecule has 0 bridgehead atoms. The summed E-state index contributed by atoms with van der Waals surface area (Å²) in [6.45, 7) is 0. The van der Waals surface area contributed by atoms with Gasteiger partial charge in [-0.3, -0.25) is 0 Å². The van der Waals surface area contributed by atoms with Gasteiger partial charge in [-0.1, -0.05) is 0 Å². The average Bonchev–Trinajstić information content (AvgIpc) is 2.14. The standard InChI is InChI=1S/C4H5INO2/c1-5-3-2-4(7)8-6-3/h2,6H,1H3/q-1. The molecule has 0 aliphatic carbocycles. The van der Waals surface area contributed by atoms with Gasteiger partial charge in [0.25, 0.3) is 0 Å². The second-order valence-electron chi connectivity index (χ2n) is 1.20. The number of H-pyrrole nitrogens is 1. The molecule has 8 heavy (non-hydrogen) atoms. The maximum atomic E-state index is 10.3. The first-order chi connectivity index (χ1) is 3.83. The normalized spacial score (nSPS) is 10.1. The third-order valence-corrected chi connectivity index (χ3v) is 2.39. The van der Waals surface area contributed by atoms with Crippen molar-refractivity contribution in [1.82, 2.24) is 5.16 Å². The number of nitrogens with one attached hydrogen (secondary N) is 1. The summed E-state index contributed by atoms with van der Waals surface area (Å²) >= 11 is -0.0191. The van der Waals surface area contributed by atoms with Crippen LogP contribution < -0.4 is 26.8 Å². The number of alkyl halides is 1. The van der Waals surface area contributed by atoms with E-state index in [1.165, 1.54) is 6.07 Å². The van der Waals surface area contributed by atoms with Crippen LogP contribution in [0.15, 0.2) is 15.4 Å². The topological polar surface area (TPSA) is 46.0 Å². The van der Waals surface area contributed by atoms with Crippen molar-refractivity contribution in [3.05, 3.63) is 20.2 Å². The van der Waals surface area contributed by atoms with Crippen LogP contribution >= 0.6 is 0 Å². The van der Waals surface area contributed by atoms with Crippen molar-refractivity contribution in [2.45, 2.75) is 0 Å². The van der Waals surface area contributed by atoms with Crippen LogP contribution in [0.1, 0.15) is 0 Å². The molecule has 0 aliphatic rings. The number of aromatic amines is 1. The Morgan fingerprint density at radius 2 is 2.62 bits per heavy atom. The van der Waals surface area contributed by atoms with Crippen molar-refractivity contribution in [1.29, 1.82) is 0 Å². The number of hydrogen-bond acceptors (Lipinski definition) is 2. The van der Waals surface area contributed by atoms with Crippen molar-refractivity contribution in [2.75, 3.05) is 4.93 Å². The summed E-state index contributed by atoms with van der Waals surface area (Å²) in [5, 5.41) is 2.52. The molecule has 1 rings (SSSR count). The molecule has 0 amide bonds. The van der Waals surface area contributed by atoms with Crippen LogP contribution in [0, 0.1) is 3.70 Å². The number of halogens is 1. The van der Waals surface area contributed by atoms with Crippen molar-refractivity contribution in [3.63, 3.8) is 0 Å². The quantitative estimate of drug-likeness (QED) is 0.406. The van der Waals surface area contributed by atoms with Gasteiger partial charge in [-0.05, 0) is 0 Å². The van der Waals surface area contributed by atoms with E-state index in [0.29, 0.717) is 0 Å². The van der Waals surface area contributed by atoms with Gasteiger partial charge < -0.3 is 0 Å². The fraction of sp³-hybridized carbons (Fsp3) is 0.250. The summed E-state index contributed by atoms with van der Waals surface area (Å²) in [5.41, 5.74) is -0.276. The van der Waals surface area contributed by atoms with Crippen LogP contribution in [0.3, 0.4) is 0 Å². The Kier molecular flexibility index (Phi) is 1.72. The molecule has 1 heterocycles. The van der Waals surface area contributed by atoms with E-state index in [4.69, 9.17) is 0 Å². The molecular formula is C4H5INO2-. The van der Waals surface area contributed by atoms with Crippen LogP contribution in [0.2, 0.25) is 0 Å². The van der Waals surface area contributed by atoms with Crippen LogP contribution in [0.5, 0.6) is 0 Å². The molecular weight excluding hydrogens is 221 g/mol. The SMILES string of the molecule is C[I-]c1cc(=O)o[nH]1. The van der Waals surface area contributed by atoms with Gasteiger partial charge in [0.05, 0.1) is 0 Å². The van der Waals surface area contributed by atoms with Gasteiger partial charge in [-0.2, -0.15) is 0 Å². The van der Waals surface area contributed by atoms with Crippen molar-refractivity contribution in [2.24, 2.45) is 0 Å². The molecule has 0 saturated heterocycles. The second-order valence-corrected chi connectivity index (χ2v) is 3.45. The average molecular weight is 226 g/mol. The van der Waals surface area contributed by atoms with Crippen LogP contribution in [0.25, 0.3) is 0 Å². The summed E-state index contributed by atoms with van der Waals surface area (Å²) < 4.78 is 5.35. The predicted molar refractivity (Wildman–Crippen MR) is 23.9 cm³/mol.